The molecule has 5 heteroatoms. The predicted octanol–water partition coefficient (Wildman–Crippen LogP) is 3.15. The van der Waals surface area contributed by atoms with Gasteiger partial charge in [-0.05, 0) is 50.9 Å². The lowest BCUT2D eigenvalue weighted by Gasteiger charge is -2.24. The molecular weight excluding hydrogens is 324 g/mol. The van der Waals surface area contributed by atoms with E-state index in [-0.39, 0.29) is 5.60 Å². The highest BCUT2D eigenvalue weighted by Crippen LogP contribution is 2.23. The normalized spacial score (nSPS) is 20.6. The molecule has 1 atom stereocenters. The van der Waals surface area contributed by atoms with Gasteiger partial charge in [0.2, 0.25) is 0 Å². The number of hydrogen-bond donors (Lipinski definition) is 2. The number of hydrogen-bond acceptors (Lipinski definition) is 3. The maximum atomic E-state index is 5.86. The van der Waals surface area contributed by atoms with Gasteiger partial charge in [-0.2, -0.15) is 0 Å². The molecule has 5 nitrogen and oxygen atoms in total. The Labute approximate surface area is 159 Å². The number of nitrogens with zero attached hydrogens (tertiary/aromatic N) is 2. The molecule has 0 bridgehead atoms. The molecule has 2 N–H and O–H groups in total. The van der Waals surface area contributed by atoms with Crippen LogP contribution in [0.25, 0.3) is 0 Å². The highest BCUT2D eigenvalue weighted by atomic mass is 16.5. The van der Waals surface area contributed by atoms with Gasteiger partial charge in [-0.25, -0.2) is 4.99 Å². The van der Waals surface area contributed by atoms with Crippen molar-refractivity contribution in [3.05, 3.63) is 35.4 Å². The smallest absolute Gasteiger partial charge is 0.191 e. The largest absolute Gasteiger partial charge is 0.373 e. The van der Waals surface area contributed by atoms with Crippen LogP contribution in [0.3, 0.4) is 0 Å². The van der Waals surface area contributed by atoms with Crippen LogP contribution in [-0.4, -0.2) is 49.2 Å². The zero-order valence-corrected chi connectivity index (χ0v) is 17.0. The lowest BCUT2D eigenvalue weighted by Crippen LogP contribution is -2.45. The van der Waals surface area contributed by atoms with E-state index in [1.54, 1.807) is 0 Å². The van der Waals surface area contributed by atoms with Gasteiger partial charge in [-0.15, -0.1) is 0 Å². The van der Waals surface area contributed by atoms with E-state index in [0.717, 1.165) is 58.1 Å². The standard InChI is InChI=1S/C21H36N4O/c1-5-22-20(24-17-21(4)12-9-13-26-21)23-15-18-10-8-11-19(14-18)16-25(6-2)7-3/h8,10-11,14H,5-7,9,12-13,15-17H2,1-4H3,(H2,22,23,24). The molecule has 1 aromatic rings. The minimum absolute atomic E-state index is 0.0696. The van der Waals surface area contributed by atoms with Crippen LogP contribution in [0.4, 0.5) is 0 Å². The summed E-state index contributed by atoms with van der Waals surface area (Å²) in [6.45, 7) is 15.0. The summed E-state index contributed by atoms with van der Waals surface area (Å²) in [4.78, 5) is 7.19. The SMILES string of the molecule is CCNC(=NCc1cccc(CN(CC)CC)c1)NCC1(C)CCCO1. The average Bonchev–Trinajstić information content (AvgIpc) is 3.09. The fraction of sp³-hybridized carbons (Fsp3) is 0.667. The number of guanidine groups is 1. The monoisotopic (exact) mass is 360 g/mol. The van der Waals surface area contributed by atoms with E-state index in [9.17, 15) is 0 Å². The van der Waals surface area contributed by atoms with Crippen molar-refractivity contribution >= 4 is 5.96 Å². The first-order chi connectivity index (χ1) is 12.6. The van der Waals surface area contributed by atoms with E-state index in [1.165, 1.54) is 11.1 Å². The van der Waals surface area contributed by atoms with Crippen molar-refractivity contribution in [1.82, 2.24) is 15.5 Å². The fourth-order valence-corrected chi connectivity index (χ4v) is 3.29. The lowest BCUT2D eigenvalue weighted by molar-refractivity contribution is 0.0243. The Morgan fingerprint density at radius 3 is 2.62 bits per heavy atom. The van der Waals surface area contributed by atoms with E-state index in [1.807, 2.05) is 0 Å². The van der Waals surface area contributed by atoms with Crippen molar-refractivity contribution < 1.29 is 4.74 Å². The molecule has 1 heterocycles. The van der Waals surface area contributed by atoms with Crippen LogP contribution in [0.5, 0.6) is 0 Å². The van der Waals surface area contributed by atoms with Crippen LogP contribution in [0, 0.1) is 0 Å². The van der Waals surface area contributed by atoms with Gasteiger partial charge in [0.05, 0.1) is 12.1 Å². The van der Waals surface area contributed by atoms with Crippen LogP contribution in [0.2, 0.25) is 0 Å². The van der Waals surface area contributed by atoms with E-state index in [4.69, 9.17) is 9.73 Å². The van der Waals surface area contributed by atoms with E-state index in [0.29, 0.717) is 6.54 Å². The highest BCUT2D eigenvalue weighted by molar-refractivity contribution is 5.79. The minimum atomic E-state index is -0.0696. The molecule has 1 aliphatic rings. The number of aliphatic imine (C=N–C) groups is 1. The molecule has 0 amide bonds. The van der Waals surface area contributed by atoms with Crippen LogP contribution >= 0.6 is 0 Å². The van der Waals surface area contributed by atoms with Gasteiger partial charge in [0, 0.05) is 26.2 Å². The second-order valence-corrected chi connectivity index (χ2v) is 7.23. The number of ether oxygens (including phenoxy) is 1. The minimum Gasteiger partial charge on any atom is -0.373 e. The summed E-state index contributed by atoms with van der Waals surface area (Å²) in [5, 5.41) is 6.78. The molecule has 1 aliphatic heterocycles. The second kappa shape index (κ2) is 10.5. The molecule has 0 aliphatic carbocycles. The summed E-state index contributed by atoms with van der Waals surface area (Å²) >= 11 is 0. The Hall–Kier alpha value is -1.59. The molecule has 146 valence electrons. The van der Waals surface area contributed by atoms with Gasteiger partial charge in [0.25, 0.3) is 0 Å². The van der Waals surface area contributed by atoms with Gasteiger partial charge in [0.15, 0.2) is 5.96 Å². The third kappa shape index (κ3) is 6.61. The van der Waals surface area contributed by atoms with Crippen LogP contribution in [-0.2, 0) is 17.8 Å². The Morgan fingerprint density at radius 2 is 1.96 bits per heavy atom. The summed E-state index contributed by atoms with van der Waals surface area (Å²) in [5.74, 6) is 0.860. The molecule has 0 saturated carbocycles. The molecule has 26 heavy (non-hydrogen) atoms. The molecule has 0 radical (unpaired) electrons. The van der Waals surface area contributed by atoms with Gasteiger partial charge in [-0.1, -0.05) is 38.1 Å². The van der Waals surface area contributed by atoms with Crippen molar-refractivity contribution in [3.8, 4) is 0 Å². The predicted molar refractivity (Wildman–Crippen MR) is 109 cm³/mol. The summed E-state index contributed by atoms with van der Waals surface area (Å²) in [7, 11) is 0. The summed E-state index contributed by atoms with van der Waals surface area (Å²) in [6, 6.07) is 8.76. The molecule has 1 unspecified atom stereocenters. The third-order valence-electron chi connectivity index (χ3n) is 4.99. The maximum Gasteiger partial charge on any atom is 0.191 e. The molecule has 0 spiro atoms. The topological polar surface area (TPSA) is 48.9 Å². The Balaban J connectivity index is 1.95. The summed E-state index contributed by atoms with van der Waals surface area (Å²) < 4.78 is 5.86. The van der Waals surface area contributed by atoms with Crippen molar-refractivity contribution in [2.45, 2.75) is 59.2 Å². The van der Waals surface area contributed by atoms with Gasteiger partial charge < -0.3 is 15.4 Å². The van der Waals surface area contributed by atoms with Crippen molar-refractivity contribution in [2.75, 3.05) is 32.8 Å². The van der Waals surface area contributed by atoms with Gasteiger partial charge >= 0.3 is 0 Å². The zero-order chi connectivity index (χ0) is 18.8. The third-order valence-corrected chi connectivity index (χ3v) is 4.99. The quantitative estimate of drug-likeness (QED) is 0.525. The Kier molecular flexibility index (Phi) is 8.39. The van der Waals surface area contributed by atoms with Crippen LogP contribution < -0.4 is 10.6 Å². The first-order valence-corrected chi connectivity index (χ1v) is 10.0. The molecule has 1 aromatic carbocycles. The zero-order valence-electron chi connectivity index (χ0n) is 17.0. The van der Waals surface area contributed by atoms with Crippen molar-refractivity contribution in [1.29, 1.82) is 0 Å². The molecule has 0 aromatic heterocycles. The number of benzene rings is 1. The van der Waals surface area contributed by atoms with Crippen LogP contribution in [0.15, 0.2) is 29.3 Å². The Morgan fingerprint density at radius 1 is 1.19 bits per heavy atom. The molecule has 1 saturated heterocycles. The molecular formula is C21H36N4O. The summed E-state index contributed by atoms with van der Waals surface area (Å²) in [5.41, 5.74) is 2.53. The van der Waals surface area contributed by atoms with Gasteiger partial charge in [-0.3, -0.25) is 4.90 Å². The first-order valence-electron chi connectivity index (χ1n) is 10.0. The first kappa shape index (κ1) is 20.7. The van der Waals surface area contributed by atoms with E-state index < -0.39 is 0 Å². The lowest BCUT2D eigenvalue weighted by atomic mass is 10.0. The fourth-order valence-electron chi connectivity index (χ4n) is 3.29. The van der Waals surface area contributed by atoms with Gasteiger partial charge in [0.1, 0.15) is 0 Å². The molecule has 1 fully saturated rings. The number of rotatable bonds is 9. The highest BCUT2D eigenvalue weighted by Gasteiger charge is 2.29. The summed E-state index contributed by atoms with van der Waals surface area (Å²) in [6.07, 6.45) is 2.25. The van der Waals surface area contributed by atoms with Crippen molar-refractivity contribution in [2.24, 2.45) is 4.99 Å². The second-order valence-electron chi connectivity index (χ2n) is 7.23. The van der Waals surface area contributed by atoms with E-state index in [2.05, 4.69) is 67.5 Å². The van der Waals surface area contributed by atoms with Crippen molar-refractivity contribution in [3.63, 3.8) is 0 Å². The molecule has 2 rings (SSSR count). The Bertz CT molecular complexity index is 563. The average molecular weight is 361 g/mol. The van der Waals surface area contributed by atoms with Crippen LogP contribution in [0.1, 0.15) is 51.7 Å². The van der Waals surface area contributed by atoms with E-state index >= 15 is 0 Å². The number of nitrogens with one attached hydrogen (secondary N) is 2. The maximum absolute atomic E-state index is 5.86.